The average Bonchev–Trinajstić information content (AvgIpc) is 2.86. The van der Waals surface area contributed by atoms with E-state index < -0.39 is 17.6 Å². The van der Waals surface area contributed by atoms with Crippen LogP contribution in [0.5, 0.6) is 0 Å². The summed E-state index contributed by atoms with van der Waals surface area (Å²) in [5, 5.41) is 3.05. The fraction of sp³-hybridized carbons (Fsp3) is 0.462. The molecule has 0 bridgehead atoms. The van der Waals surface area contributed by atoms with Gasteiger partial charge in [0.2, 0.25) is 0 Å². The predicted octanol–water partition coefficient (Wildman–Crippen LogP) is 1.72. The van der Waals surface area contributed by atoms with Gasteiger partial charge < -0.3 is 16.0 Å². The number of carbonyl (C=O) groups excluding carboxylic acids is 1. The highest BCUT2D eigenvalue weighted by atomic mass is 19.4. The van der Waals surface area contributed by atoms with Crippen molar-refractivity contribution >= 4 is 11.6 Å². The molecule has 1 amide bonds. The Balaban J connectivity index is 2.26. The lowest BCUT2D eigenvalue weighted by atomic mass is 10.1. The van der Waals surface area contributed by atoms with Crippen LogP contribution in [0.25, 0.3) is 0 Å². The fourth-order valence-electron chi connectivity index (χ4n) is 2.27. The van der Waals surface area contributed by atoms with Gasteiger partial charge in [0.25, 0.3) is 5.91 Å². The Morgan fingerprint density at radius 3 is 2.70 bits per heavy atom. The second-order valence-electron chi connectivity index (χ2n) is 4.83. The van der Waals surface area contributed by atoms with Crippen LogP contribution < -0.4 is 11.1 Å². The molecule has 1 atom stereocenters. The molecule has 0 aliphatic carbocycles. The standard InChI is InChI=1S/C13H16F3N3O/c1-18-9-4-5-19(7-9)12(20)10-6-8(13(14,15)16)2-3-11(10)17/h2-3,6,9,18H,4-5,7,17H2,1H3. The normalized spacial score (nSPS) is 19.4. The first kappa shape index (κ1) is 14.6. The van der Waals surface area contributed by atoms with Crippen molar-refractivity contribution in [1.29, 1.82) is 0 Å². The number of rotatable bonds is 2. The van der Waals surface area contributed by atoms with Crippen LogP contribution in [0.4, 0.5) is 18.9 Å². The topological polar surface area (TPSA) is 58.4 Å². The molecule has 0 aromatic heterocycles. The first-order chi connectivity index (χ1) is 9.32. The van der Waals surface area contributed by atoms with Crippen LogP contribution in [-0.4, -0.2) is 37.0 Å². The molecule has 1 aliphatic rings. The van der Waals surface area contributed by atoms with E-state index in [2.05, 4.69) is 5.32 Å². The van der Waals surface area contributed by atoms with Crippen LogP contribution in [0.2, 0.25) is 0 Å². The van der Waals surface area contributed by atoms with E-state index >= 15 is 0 Å². The predicted molar refractivity (Wildman–Crippen MR) is 69.2 cm³/mol. The molecule has 1 aromatic carbocycles. The third kappa shape index (κ3) is 2.87. The monoisotopic (exact) mass is 287 g/mol. The van der Waals surface area contributed by atoms with Crippen LogP contribution in [-0.2, 0) is 6.18 Å². The van der Waals surface area contributed by atoms with Gasteiger partial charge in [-0.3, -0.25) is 4.79 Å². The number of likely N-dealkylation sites (tertiary alicyclic amines) is 1. The minimum absolute atomic E-state index is 0.0657. The number of halogens is 3. The second kappa shape index (κ2) is 5.32. The highest BCUT2D eigenvalue weighted by Crippen LogP contribution is 2.31. The summed E-state index contributed by atoms with van der Waals surface area (Å²) >= 11 is 0. The van der Waals surface area contributed by atoms with Gasteiger partial charge in [-0.25, -0.2) is 0 Å². The largest absolute Gasteiger partial charge is 0.416 e. The molecule has 7 heteroatoms. The van der Waals surface area contributed by atoms with E-state index in [9.17, 15) is 18.0 Å². The fourth-order valence-corrected chi connectivity index (χ4v) is 2.27. The van der Waals surface area contributed by atoms with Gasteiger partial charge in [0.15, 0.2) is 0 Å². The van der Waals surface area contributed by atoms with Crippen LogP contribution in [0.15, 0.2) is 18.2 Å². The summed E-state index contributed by atoms with van der Waals surface area (Å²) in [7, 11) is 1.79. The number of nitrogens with zero attached hydrogens (tertiary/aromatic N) is 1. The zero-order valence-corrected chi connectivity index (χ0v) is 11.0. The zero-order chi connectivity index (χ0) is 14.9. The zero-order valence-electron chi connectivity index (χ0n) is 11.0. The average molecular weight is 287 g/mol. The van der Waals surface area contributed by atoms with E-state index in [0.29, 0.717) is 13.1 Å². The maximum absolute atomic E-state index is 12.7. The molecule has 0 saturated carbocycles. The summed E-state index contributed by atoms with van der Waals surface area (Å²) in [5.41, 5.74) is 4.76. The van der Waals surface area contributed by atoms with Crippen molar-refractivity contribution in [3.8, 4) is 0 Å². The van der Waals surface area contributed by atoms with Crippen LogP contribution in [0.1, 0.15) is 22.3 Å². The SMILES string of the molecule is CNC1CCN(C(=O)c2cc(C(F)(F)F)ccc2N)C1. The molecule has 0 radical (unpaired) electrons. The maximum atomic E-state index is 12.7. The Morgan fingerprint density at radius 1 is 1.45 bits per heavy atom. The van der Waals surface area contributed by atoms with Crippen LogP contribution in [0.3, 0.4) is 0 Å². The third-order valence-electron chi connectivity index (χ3n) is 3.49. The summed E-state index contributed by atoms with van der Waals surface area (Å²) in [4.78, 5) is 13.8. The number of benzene rings is 1. The third-order valence-corrected chi connectivity index (χ3v) is 3.49. The molecule has 1 saturated heterocycles. The molecular formula is C13H16F3N3O. The molecule has 20 heavy (non-hydrogen) atoms. The number of carbonyl (C=O) groups is 1. The van der Waals surface area contributed by atoms with E-state index in [-0.39, 0.29) is 17.3 Å². The highest BCUT2D eigenvalue weighted by molar-refractivity contribution is 5.99. The maximum Gasteiger partial charge on any atom is 0.416 e. The molecule has 110 valence electrons. The quantitative estimate of drug-likeness (QED) is 0.814. The van der Waals surface area contributed by atoms with Gasteiger partial charge in [0, 0.05) is 24.8 Å². The van der Waals surface area contributed by atoms with E-state index in [0.717, 1.165) is 24.6 Å². The number of hydrogen-bond acceptors (Lipinski definition) is 3. The number of nitrogens with one attached hydrogen (secondary N) is 1. The number of nitrogens with two attached hydrogens (primary N) is 1. The van der Waals surface area contributed by atoms with E-state index in [1.807, 2.05) is 0 Å². The van der Waals surface area contributed by atoms with Crippen molar-refractivity contribution in [1.82, 2.24) is 10.2 Å². The van der Waals surface area contributed by atoms with Gasteiger partial charge >= 0.3 is 6.18 Å². The molecule has 4 nitrogen and oxygen atoms in total. The Labute approximate surface area is 114 Å². The van der Waals surface area contributed by atoms with Gasteiger partial charge in [-0.1, -0.05) is 0 Å². The lowest BCUT2D eigenvalue weighted by Crippen LogP contribution is -2.33. The minimum Gasteiger partial charge on any atom is -0.398 e. The Hall–Kier alpha value is -1.76. The lowest BCUT2D eigenvalue weighted by Gasteiger charge is -2.18. The van der Waals surface area contributed by atoms with E-state index in [1.165, 1.54) is 4.90 Å². The molecular weight excluding hydrogens is 271 g/mol. The van der Waals surface area contributed by atoms with Crippen molar-refractivity contribution in [2.24, 2.45) is 0 Å². The first-order valence-electron chi connectivity index (χ1n) is 6.26. The summed E-state index contributed by atoms with van der Waals surface area (Å²) < 4.78 is 38.0. The number of alkyl halides is 3. The van der Waals surface area contributed by atoms with Crippen molar-refractivity contribution in [3.63, 3.8) is 0 Å². The molecule has 1 fully saturated rings. The minimum atomic E-state index is -4.48. The molecule has 1 heterocycles. The van der Waals surface area contributed by atoms with Crippen molar-refractivity contribution < 1.29 is 18.0 Å². The van der Waals surface area contributed by atoms with Crippen molar-refractivity contribution in [2.45, 2.75) is 18.6 Å². The van der Waals surface area contributed by atoms with Crippen molar-refractivity contribution in [3.05, 3.63) is 29.3 Å². The summed E-state index contributed by atoms with van der Waals surface area (Å²) in [6, 6.07) is 3.00. The summed E-state index contributed by atoms with van der Waals surface area (Å²) in [6.45, 7) is 0.991. The molecule has 2 rings (SSSR count). The van der Waals surface area contributed by atoms with Crippen molar-refractivity contribution in [2.75, 3.05) is 25.9 Å². The number of hydrogen-bond donors (Lipinski definition) is 2. The van der Waals surface area contributed by atoms with Gasteiger partial charge in [0.05, 0.1) is 11.1 Å². The Morgan fingerprint density at radius 2 is 2.15 bits per heavy atom. The molecule has 0 spiro atoms. The lowest BCUT2D eigenvalue weighted by molar-refractivity contribution is -0.137. The molecule has 1 aliphatic heterocycles. The highest BCUT2D eigenvalue weighted by Gasteiger charge is 2.33. The summed E-state index contributed by atoms with van der Waals surface area (Å²) in [5.74, 6) is -0.452. The summed E-state index contributed by atoms with van der Waals surface area (Å²) in [6.07, 6.45) is -3.71. The van der Waals surface area contributed by atoms with Crippen LogP contribution >= 0.6 is 0 Å². The number of amides is 1. The molecule has 1 unspecified atom stereocenters. The Bertz CT molecular complexity index is 516. The number of likely N-dealkylation sites (N-methyl/N-ethyl adjacent to an activating group) is 1. The first-order valence-corrected chi connectivity index (χ1v) is 6.26. The van der Waals surface area contributed by atoms with E-state index in [4.69, 9.17) is 5.73 Å². The number of anilines is 1. The van der Waals surface area contributed by atoms with Gasteiger partial charge in [0.1, 0.15) is 0 Å². The van der Waals surface area contributed by atoms with Gasteiger partial charge in [-0.15, -0.1) is 0 Å². The number of nitrogen functional groups attached to an aromatic ring is 1. The molecule has 1 aromatic rings. The van der Waals surface area contributed by atoms with E-state index in [1.54, 1.807) is 7.05 Å². The molecule has 3 N–H and O–H groups in total. The van der Waals surface area contributed by atoms with Gasteiger partial charge in [-0.2, -0.15) is 13.2 Å². The smallest absolute Gasteiger partial charge is 0.398 e. The van der Waals surface area contributed by atoms with Gasteiger partial charge in [-0.05, 0) is 31.7 Å². The Kier molecular flexibility index (Phi) is 3.89. The van der Waals surface area contributed by atoms with Crippen LogP contribution in [0, 0.1) is 0 Å². The second-order valence-corrected chi connectivity index (χ2v) is 4.83.